The summed E-state index contributed by atoms with van der Waals surface area (Å²) in [7, 11) is 0. The Morgan fingerprint density at radius 1 is 1.43 bits per heavy atom. The number of aliphatic imine (C=N–C) groups is 1. The van der Waals surface area contributed by atoms with Gasteiger partial charge in [-0.15, -0.1) is 0 Å². The average molecular weight is 210 g/mol. The first-order valence-corrected chi connectivity index (χ1v) is 5.48. The summed E-state index contributed by atoms with van der Waals surface area (Å²) in [4.78, 5) is 4.60. The van der Waals surface area contributed by atoms with Gasteiger partial charge in [-0.2, -0.15) is 12.6 Å². The first kappa shape index (κ1) is 11.4. The van der Waals surface area contributed by atoms with E-state index < -0.39 is 0 Å². The second-order valence-corrected chi connectivity index (χ2v) is 3.98. The van der Waals surface area contributed by atoms with E-state index in [0.29, 0.717) is 0 Å². The van der Waals surface area contributed by atoms with Crippen LogP contribution in [-0.4, -0.2) is 17.1 Å². The van der Waals surface area contributed by atoms with Crippen molar-refractivity contribution in [2.45, 2.75) is 33.2 Å². The zero-order valence-corrected chi connectivity index (χ0v) is 10.2. The molecule has 1 atom stereocenters. The summed E-state index contributed by atoms with van der Waals surface area (Å²) >= 11 is 4.38. The van der Waals surface area contributed by atoms with Crippen LogP contribution in [0.15, 0.2) is 28.4 Å². The summed E-state index contributed by atoms with van der Waals surface area (Å²) < 4.78 is 0. The number of allylic oxidation sites excluding steroid dienone is 2. The lowest BCUT2D eigenvalue weighted by Crippen LogP contribution is -2.40. The molecule has 1 heterocycles. The number of hydrogen-bond donors (Lipinski definition) is 2. The molecule has 1 aliphatic heterocycles. The molecular weight excluding hydrogens is 192 g/mol. The molecular formula is C11H18N2S. The number of amidine groups is 1. The minimum Gasteiger partial charge on any atom is -0.344 e. The first-order chi connectivity index (χ1) is 6.57. The van der Waals surface area contributed by atoms with Crippen molar-refractivity contribution in [3.8, 4) is 0 Å². The molecule has 0 amide bonds. The zero-order chi connectivity index (χ0) is 10.8. The van der Waals surface area contributed by atoms with Crippen molar-refractivity contribution in [3.63, 3.8) is 0 Å². The summed E-state index contributed by atoms with van der Waals surface area (Å²) in [6.45, 7) is 8.17. The van der Waals surface area contributed by atoms with Gasteiger partial charge in [0.05, 0.1) is 11.4 Å². The molecule has 3 heteroatoms. The number of nitrogens with zero attached hydrogens (tertiary/aromatic N) is 1. The highest BCUT2D eigenvalue weighted by atomic mass is 32.1. The van der Waals surface area contributed by atoms with Crippen molar-refractivity contribution in [3.05, 3.63) is 23.4 Å². The van der Waals surface area contributed by atoms with Gasteiger partial charge in [0.25, 0.3) is 0 Å². The molecule has 1 rings (SSSR count). The fourth-order valence-electron chi connectivity index (χ4n) is 1.83. The molecule has 0 bridgehead atoms. The van der Waals surface area contributed by atoms with E-state index in [9.17, 15) is 0 Å². The molecule has 1 unspecified atom stereocenters. The lowest BCUT2D eigenvalue weighted by Gasteiger charge is -2.34. The highest BCUT2D eigenvalue weighted by Gasteiger charge is 2.32. The molecule has 2 nitrogen and oxygen atoms in total. The monoisotopic (exact) mass is 210 g/mol. The van der Waals surface area contributed by atoms with Gasteiger partial charge in [0, 0.05) is 11.4 Å². The lowest BCUT2D eigenvalue weighted by molar-refractivity contribution is 0.606. The van der Waals surface area contributed by atoms with Crippen LogP contribution in [0.1, 0.15) is 27.7 Å². The summed E-state index contributed by atoms with van der Waals surface area (Å²) in [5, 5.41) is 3.27. The number of nitrogens with one attached hydrogen (secondary N) is 1. The predicted molar refractivity (Wildman–Crippen MR) is 66.0 cm³/mol. The van der Waals surface area contributed by atoms with Gasteiger partial charge in [0.15, 0.2) is 0 Å². The molecule has 0 aliphatic carbocycles. The van der Waals surface area contributed by atoms with Gasteiger partial charge in [-0.05, 0) is 33.3 Å². The summed E-state index contributed by atoms with van der Waals surface area (Å²) in [6, 6.07) is 0. The van der Waals surface area contributed by atoms with Crippen LogP contribution in [0.2, 0.25) is 0 Å². The van der Waals surface area contributed by atoms with Crippen LogP contribution in [0.5, 0.6) is 0 Å². The third kappa shape index (κ3) is 1.87. The Labute approximate surface area is 91.6 Å². The van der Waals surface area contributed by atoms with Crippen molar-refractivity contribution < 1.29 is 0 Å². The van der Waals surface area contributed by atoms with Crippen LogP contribution in [0.25, 0.3) is 0 Å². The molecule has 0 radical (unpaired) electrons. The van der Waals surface area contributed by atoms with Crippen LogP contribution < -0.4 is 5.32 Å². The van der Waals surface area contributed by atoms with E-state index in [0.717, 1.165) is 17.3 Å². The largest absolute Gasteiger partial charge is 0.344 e. The van der Waals surface area contributed by atoms with Crippen LogP contribution >= 0.6 is 12.6 Å². The first-order valence-electron chi connectivity index (χ1n) is 4.85. The molecule has 1 N–H and O–H groups in total. The van der Waals surface area contributed by atoms with Crippen molar-refractivity contribution in [2.75, 3.05) is 5.75 Å². The Kier molecular flexibility index (Phi) is 3.43. The lowest BCUT2D eigenvalue weighted by atomic mass is 9.89. The predicted octanol–water partition coefficient (Wildman–Crippen LogP) is 2.55. The maximum absolute atomic E-state index is 4.60. The Bertz CT molecular complexity index is 315. The van der Waals surface area contributed by atoms with Crippen LogP contribution in [0.3, 0.4) is 0 Å². The van der Waals surface area contributed by atoms with Crippen molar-refractivity contribution in [2.24, 2.45) is 4.99 Å². The molecule has 14 heavy (non-hydrogen) atoms. The van der Waals surface area contributed by atoms with Gasteiger partial charge in [0.2, 0.25) is 0 Å². The van der Waals surface area contributed by atoms with Crippen molar-refractivity contribution in [1.82, 2.24) is 5.32 Å². The molecule has 0 spiro atoms. The van der Waals surface area contributed by atoms with E-state index in [2.05, 4.69) is 42.0 Å². The molecule has 1 aliphatic rings. The maximum Gasteiger partial charge on any atom is 0.0986 e. The summed E-state index contributed by atoms with van der Waals surface area (Å²) in [5.41, 5.74) is 2.19. The minimum absolute atomic E-state index is 0.185. The third-order valence-corrected chi connectivity index (χ3v) is 3.10. The standard InChI is InChI=1S/C11H18N2S/c1-5-9-10(6-2)12-8(3)13-11(9,4)7-14/h5-6,14H,7H2,1-4H3,(H,12,13)/b9-5?,10-6+. The van der Waals surface area contributed by atoms with Gasteiger partial charge >= 0.3 is 0 Å². The van der Waals surface area contributed by atoms with Crippen molar-refractivity contribution >= 4 is 18.5 Å². The summed E-state index contributed by atoms with van der Waals surface area (Å²) in [6.07, 6.45) is 4.18. The van der Waals surface area contributed by atoms with E-state index in [1.807, 2.05) is 20.8 Å². The normalized spacial score (nSPS) is 33.1. The Balaban J connectivity index is 3.23. The molecule has 0 aromatic rings. The fraction of sp³-hybridized carbons (Fsp3) is 0.545. The third-order valence-electron chi connectivity index (χ3n) is 2.49. The Hall–Kier alpha value is -0.700. The molecule has 78 valence electrons. The highest BCUT2D eigenvalue weighted by Crippen LogP contribution is 2.30. The van der Waals surface area contributed by atoms with E-state index in [4.69, 9.17) is 0 Å². The highest BCUT2D eigenvalue weighted by molar-refractivity contribution is 7.80. The van der Waals surface area contributed by atoms with E-state index in [1.165, 1.54) is 5.57 Å². The number of thiol groups is 1. The summed E-state index contributed by atoms with van der Waals surface area (Å²) in [5.74, 6) is 1.68. The Morgan fingerprint density at radius 2 is 2.07 bits per heavy atom. The quantitative estimate of drug-likeness (QED) is 0.639. The maximum atomic E-state index is 4.60. The topological polar surface area (TPSA) is 24.4 Å². The van der Waals surface area contributed by atoms with E-state index >= 15 is 0 Å². The second kappa shape index (κ2) is 4.22. The SMILES string of the molecule is CC=C1/C(=C\C)NC(C)=NC1(C)CS. The van der Waals surface area contributed by atoms with E-state index in [-0.39, 0.29) is 5.54 Å². The van der Waals surface area contributed by atoms with Gasteiger partial charge in [0.1, 0.15) is 0 Å². The fourth-order valence-corrected chi connectivity index (χ4v) is 2.07. The molecule has 0 aromatic heterocycles. The van der Waals surface area contributed by atoms with Gasteiger partial charge in [-0.25, -0.2) is 0 Å². The molecule has 0 saturated carbocycles. The van der Waals surface area contributed by atoms with Gasteiger partial charge < -0.3 is 5.32 Å². The Morgan fingerprint density at radius 3 is 2.50 bits per heavy atom. The van der Waals surface area contributed by atoms with Crippen molar-refractivity contribution in [1.29, 1.82) is 0 Å². The number of rotatable bonds is 1. The van der Waals surface area contributed by atoms with E-state index in [1.54, 1.807) is 0 Å². The van der Waals surface area contributed by atoms with Crippen LogP contribution in [0, 0.1) is 0 Å². The zero-order valence-electron chi connectivity index (χ0n) is 9.26. The second-order valence-electron chi connectivity index (χ2n) is 3.66. The average Bonchev–Trinajstić information content (AvgIpc) is 2.16. The smallest absolute Gasteiger partial charge is 0.0986 e. The number of hydrogen-bond acceptors (Lipinski definition) is 3. The molecule has 0 fully saturated rings. The van der Waals surface area contributed by atoms with Gasteiger partial charge in [-0.3, -0.25) is 4.99 Å². The van der Waals surface area contributed by atoms with Crippen LogP contribution in [0.4, 0.5) is 0 Å². The molecule has 0 saturated heterocycles. The molecule has 0 aromatic carbocycles. The van der Waals surface area contributed by atoms with Crippen LogP contribution in [-0.2, 0) is 0 Å². The minimum atomic E-state index is -0.185. The van der Waals surface area contributed by atoms with Gasteiger partial charge in [-0.1, -0.05) is 12.2 Å².